The minimum absolute atomic E-state index is 0.0693. The summed E-state index contributed by atoms with van der Waals surface area (Å²) in [6, 6.07) is 10.6. The van der Waals surface area contributed by atoms with E-state index in [1.807, 2.05) is 32.0 Å². The molecule has 0 fully saturated rings. The van der Waals surface area contributed by atoms with E-state index in [9.17, 15) is 14.7 Å². The van der Waals surface area contributed by atoms with Gasteiger partial charge < -0.3 is 15.7 Å². The Morgan fingerprint density at radius 1 is 0.957 bits per heavy atom. The van der Waals surface area contributed by atoms with Crippen LogP contribution in [0.2, 0.25) is 0 Å². The van der Waals surface area contributed by atoms with E-state index in [4.69, 9.17) is 0 Å². The van der Waals surface area contributed by atoms with Gasteiger partial charge in [0.1, 0.15) is 5.75 Å². The predicted molar refractivity (Wildman–Crippen MR) is 89.7 cm³/mol. The molecule has 0 aliphatic heterocycles. The average Bonchev–Trinajstić information content (AvgIpc) is 2.51. The molecule has 5 nitrogen and oxygen atoms in total. The molecule has 23 heavy (non-hydrogen) atoms. The Morgan fingerprint density at radius 2 is 1.52 bits per heavy atom. The molecular weight excluding hydrogens is 292 g/mol. The monoisotopic (exact) mass is 312 g/mol. The van der Waals surface area contributed by atoms with Crippen molar-refractivity contribution in [2.24, 2.45) is 0 Å². The first-order valence-corrected chi connectivity index (χ1v) is 7.33. The van der Waals surface area contributed by atoms with Crippen LogP contribution in [0, 0.1) is 20.8 Å². The largest absolute Gasteiger partial charge is 0.507 e. The van der Waals surface area contributed by atoms with Gasteiger partial charge in [-0.2, -0.15) is 0 Å². The zero-order chi connectivity index (χ0) is 17.0. The fourth-order valence-electron chi connectivity index (χ4n) is 2.29. The molecule has 0 spiro atoms. The summed E-state index contributed by atoms with van der Waals surface area (Å²) in [5.41, 5.74) is 3.44. The second kappa shape index (κ2) is 6.96. The van der Waals surface area contributed by atoms with Crippen LogP contribution in [0.25, 0.3) is 0 Å². The molecule has 0 aromatic heterocycles. The van der Waals surface area contributed by atoms with Gasteiger partial charge in [0.25, 0.3) is 5.91 Å². The Kier molecular flexibility index (Phi) is 5.01. The number of nitrogens with one attached hydrogen (secondary N) is 2. The number of anilines is 1. The number of para-hydroxylation sites is 2. The number of aryl methyl sites for hydroxylation is 3. The molecule has 0 aliphatic rings. The van der Waals surface area contributed by atoms with Gasteiger partial charge in [-0.05, 0) is 43.5 Å². The van der Waals surface area contributed by atoms with Gasteiger partial charge in [-0.1, -0.05) is 30.3 Å². The van der Waals surface area contributed by atoms with Gasteiger partial charge in [0.05, 0.1) is 12.1 Å². The lowest BCUT2D eigenvalue weighted by atomic mass is 10.1. The quantitative estimate of drug-likeness (QED) is 0.812. The number of aromatic hydroxyl groups is 1. The number of hydrogen-bond donors (Lipinski definition) is 3. The first-order chi connectivity index (χ1) is 10.9. The van der Waals surface area contributed by atoms with Crippen molar-refractivity contribution < 1.29 is 14.7 Å². The first-order valence-electron chi connectivity index (χ1n) is 7.33. The van der Waals surface area contributed by atoms with E-state index in [1.165, 1.54) is 6.07 Å². The van der Waals surface area contributed by atoms with Crippen molar-refractivity contribution in [3.05, 3.63) is 58.7 Å². The van der Waals surface area contributed by atoms with Gasteiger partial charge >= 0.3 is 0 Å². The Hall–Kier alpha value is -2.82. The number of phenolic OH excluding ortho intramolecular Hbond substituents is 1. The maximum atomic E-state index is 12.1. The molecule has 3 N–H and O–H groups in total. The highest BCUT2D eigenvalue weighted by Gasteiger charge is 2.14. The van der Waals surface area contributed by atoms with Crippen molar-refractivity contribution in [1.29, 1.82) is 0 Å². The lowest BCUT2D eigenvalue weighted by Crippen LogP contribution is -2.33. The molecule has 2 amide bonds. The van der Waals surface area contributed by atoms with Crippen LogP contribution in [0.5, 0.6) is 5.75 Å². The highest BCUT2D eigenvalue weighted by Crippen LogP contribution is 2.21. The van der Waals surface area contributed by atoms with Crippen molar-refractivity contribution in [2.75, 3.05) is 11.9 Å². The van der Waals surface area contributed by atoms with E-state index in [-0.39, 0.29) is 23.8 Å². The first kappa shape index (κ1) is 16.5. The highest BCUT2D eigenvalue weighted by molar-refractivity contribution is 6.01. The number of carbonyl (C=O) groups excluding carboxylic acids is 2. The molecular formula is C18H20N2O3. The molecule has 0 heterocycles. The van der Waals surface area contributed by atoms with E-state index in [0.717, 1.165) is 16.8 Å². The number of amides is 2. The second-order valence-electron chi connectivity index (χ2n) is 5.47. The van der Waals surface area contributed by atoms with Crippen molar-refractivity contribution in [1.82, 2.24) is 5.32 Å². The third kappa shape index (κ3) is 3.88. The van der Waals surface area contributed by atoms with Crippen molar-refractivity contribution in [3.63, 3.8) is 0 Å². The molecule has 0 atom stereocenters. The van der Waals surface area contributed by atoms with Crippen molar-refractivity contribution >= 4 is 17.5 Å². The van der Waals surface area contributed by atoms with E-state index >= 15 is 0 Å². The Morgan fingerprint density at radius 3 is 2.17 bits per heavy atom. The van der Waals surface area contributed by atoms with Crippen molar-refractivity contribution in [2.45, 2.75) is 20.8 Å². The summed E-state index contributed by atoms with van der Waals surface area (Å²) in [5.74, 6) is -0.870. The van der Waals surface area contributed by atoms with Gasteiger partial charge in [0.15, 0.2) is 0 Å². The standard InChI is InChI=1S/C18H20N2O3/c1-11-6-4-7-12(2)16(11)20-15(21)10-19-18(23)14-9-5-8-13(3)17(14)22/h4-9,22H,10H2,1-3H3,(H,19,23)(H,20,21). The zero-order valence-corrected chi connectivity index (χ0v) is 13.4. The number of benzene rings is 2. The SMILES string of the molecule is Cc1cccc(C(=O)NCC(=O)Nc2c(C)cccc2C)c1O. The van der Waals surface area contributed by atoms with E-state index in [2.05, 4.69) is 10.6 Å². The third-order valence-corrected chi connectivity index (χ3v) is 3.64. The van der Waals surface area contributed by atoms with Crippen LogP contribution in [0.4, 0.5) is 5.69 Å². The number of carbonyl (C=O) groups is 2. The summed E-state index contributed by atoms with van der Waals surface area (Å²) in [5, 5.41) is 15.2. The fourth-order valence-corrected chi connectivity index (χ4v) is 2.29. The molecule has 0 bridgehead atoms. The summed E-state index contributed by atoms with van der Waals surface area (Å²) in [4.78, 5) is 24.1. The van der Waals surface area contributed by atoms with Crippen LogP contribution in [0.1, 0.15) is 27.0 Å². The van der Waals surface area contributed by atoms with Gasteiger partial charge in [0, 0.05) is 5.69 Å². The van der Waals surface area contributed by atoms with Crippen LogP contribution in [0.3, 0.4) is 0 Å². The van der Waals surface area contributed by atoms with Crippen LogP contribution >= 0.6 is 0 Å². The molecule has 2 aromatic carbocycles. The lowest BCUT2D eigenvalue weighted by Gasteiger charge is -2.12. The number of rotatable bonds is 4. The highest BCUT2D eigenvalue weighted by atomic mass is 16.3. The second-order valence-corrected chi connectivity index (χ2v) is 5.47. The summed E-state index contributed by atoms with van der Waals surface area (Å²) >= 11 is 0. The molecule has 2 aromatic rings. The maximum absolute atomic E-state index is 12.1. The van der Waals surface area contributed by atoms with E-state index in [1.54, 1.807) is 19.1 Å². The zero-order valence-electron chi connectivity index (χ0n) is 13.4. The smallest absolute Gasteiger partial charge is 0.255 e. The summed E-state index contributed by atoms with van der Waals surface area (Å²) in [6.45, 7) is 5.36. The maximum Gasteiger partial charge on any atom is 0.255 e. The lowest BCUT2D eigenvalue weighted by molar-refractivity contribution is -0.115. The van der Waals surface area contributed by atoms with Gasteiger partial charge in [-0.3, -0.25) is 9.59 Å². The number of phenols is 1. The minimum Gasteiger partial charge on any atom is -0.507 e. The molecule has 5 heteroatoms. The Bertz CT molecular complexity index is 734. The van der Waals surface area contributed by atoms with E-state index < -0.39 is 5.91 Å². The van der Waals surface area contributed by atoms with Crippen molar-refractivity contribution in [3.8, 4) is 5.75 Å². The summed E-state index contributed by atoms with van der Waals surface area (Å²) in [7, 11) is 0. The molecule has 2 rings (SSSR count). The predicted octanol–water partition coefficient (Wildman–Crippen LogP) is 2.69. The summed E-state index contributed by atoms with van der Waals surface area (Å²) < 4.78 is 0. The Labute approximate surface area is 135 Å². The van der Waals surface area contributed by atoms with Crippen LogP contribution < -0.4 is 10.6 Å². The van der Waals surface area contributed by atoms with Gasteiger partial charge in [0.2, 0.25) is 5.91 Å². The van der Waals surface area contributed by atoms with Gasteiger partial charge in [-0.15, -0.1) is 0 Å². The molecule has 0 unspecified atom stereocenters. The topological polar surface area (TPSA) is 78.4 Å². The van der Waals surface area contributed by atoms with Crippen LogP contribution in [0.15, 0.2) is 36.4 Å². The van der Waals surface area contributed by atoms with Crippen LogP contribution in [-0.4, -0.2) is 23.5 Å². The number of hydrogen-bond acceptors (Lipinski definition) is 3. The molecule has 120 valence electrons. The third-order valence-electron chi connectivity index (χ3n) is 3.64. The van der Waals surface area contributed by atoms with Gasteiger partial charge in [-0.25, -0.2) is 0 Å². The molecule has 0 saturated heterocycles. The average molecular weight is 312 g/mol. The molecule has 0 saturated carbocycles. The summed E-state index contributed by atoms with van der Waals surface area (Å²) in [6.07, 6.45) is 0. The minimum atomic E-state index is -0.483. The molecule has 0 radical (unpaired) electrons. The van der Waals surface area contributed by atoms with E-state index in [0.29, 0.717) is 5.56 Å². The molecule has 0 aliphatic carbocycles. The normalized spacial score (nSPS) is 10.2. The Balaban J connectivity index is 1.99. The van der Waals surface area contributed by atoms with Crippen LogP contribution in [-0.2, 0) is 4.79 Å². The fraction of sp³-hybridized carbons (Fsp3) is 0.222.